The summed E-state index contributed by atoms with van der Waals surface area (Å²) in [7, 11) is 2.07. The number of nitrogens with one attached hydrogen (secondary N) is 1. The van der Waals surface area contributed by atoms with Crippen molar-refractivity contribution in [1.29, 1.82) is 0 Å². The van der Waals surface area contributed by atoms with Crippen molar-refractivity contribution < 1.29 is 0 Å². The molecule has 0 saturated heterocycles. The molecule has 1 aliphatic rings. The van der Waals surface area contributed by atoms with Gasteiger partial charge in [-0.05, 0) is 48.9 Å². The van der Waals surface area contributed by atoms with Gasteiger partial charge in [0, 0.05) is 6.04 Å². The Morgan fingerprint density at radius 1 is 1.27 bits per heavy atom. The van der Waals surface area contributed by atoms with Gasteiger partial charge < -0.3 is 5.32 Å². The van der Waals surface area contributed by atoms with Crippen LogP contribution in [0.2, 0.25) is 0 Å². The van der Waals surface area contributed by atoms with E-state index in [0.29, 0.717) is 6.04 Å². The van der Waals surface area contributed by atoms with Gasteiger partial charge >= 0.3 is 0 Å². The quantitative estimate of drug-likeness (QED) is 0.776. The van der Waals surface area contributed by atoms with Gasteiger partial charge in [0.1, 0.15) is 0 Å². The number of hydrogen-bond donors (Lipinski definition) is 1. The molecular weight excluding hydrogens is 182 g/mol. The Kier molecular flexibility index (Phi) is 3.11. The summed E-state index contributed by atoms with van der Waals surface area (Å²) in [6.45, 7) is 4.57. The van der Waals surface area contributed by atoms with Crippen LogP contribution in [0.1, 0.15) is 55.3 Å². The molecule has 0 bridgehead atoms. The molecule has 0 amide bonds. The predicted octanol–water partition coefficient (Wildman–Crippen LogP) is 3.41. The summed E-state index contributed by atoms with van der Waals surface area (Å²) >= 11 is 0. The van der Waals surface area contributed by atoms with E-state index in [1.54, 1.807) is 5.56 Å². The lowest BCUT2D eigenvalue weighted by Crippen LogP contribution is -2.23. The highest BCUT2D eigenvalue weighted by Gasteiger charge is 2.23. The lowest BCUT2D eigenvalue weighted by molar-refractivity contribution is 0.459. The van der Waals surface area contributed by atoms with Crippen LogP contribution in [0.5, 0.6) is 0 Å². The van der Waals surface area contributed by atoms with Crippen LogP contribution in [-0.2, 0) is 6.42 Å². The Morgan fingerprint density at radius 3 is 2.73 bits per heavy atom. The minimum atomic E-state index is 0.572. The molecule has 1 aliphatic carbocycles. The zero-order chi connectivity index (χ0) is 10.8. The highest BCUT2D eigenvalue weighted by Crippen LogP contribution is 2.37. The van der Waals surface area contributed by atoms with Crippen molar-refractivity contribution in [2.75, 3.05) is 7.05 Å². The Bertz CT molecular complexity index is 343. The lowest BCUT2D eigenvalue weighted by atomic mass is 9.80. The van der Waals surface area contributed by atoms with E-state index >= 15 is 0 Å². The molecule has 0 heterocycles. The molecule has 2 atom stereocenters. The molecule has 2 unspecified atom stereocenters. The zero-order valence-corrected chi connectivity index (χ0v) is 10.0. The maximum absolute atomic E-state index is 3.43. The van der Waals surface area contributed by atoms with Crippen LogP contribution < -0.4 is 5.32 Å². The summed E-state index contributed by atoms with van der Waals surface area (Å²) in [4.78, 5) is 0. The van der Waals surface area contributed by atoms with Gasteiger partial charge in [-0.2, -0.15) is 0 Å². The fourth-order valence-corrected chi connectivity index (χ4v) is 2.62. The Balaban J connectivity index is 2.43. The molecule has 0 aromatic heterocycles. The van der Waals surface area contributed by atoms with Gasteiger partial charge in [-0.25, -0.2) is 0 Å². The molecule has 1 heteroatoms. The average Bonchev–Trinajstić information content (AvgIpc) is 2.29. The number of benzene rings is 1. The maximum Gasteiger partial charge on any atom is 0.0320 e. The van der Waals surface area contributed by atoms with Crippen LogP contribution in [0.25, 0.3) is 0 Å². The van der Waals surface area contributed by atoms with Gasteiger partial charge in [-0.1, -0.05) is 32.0 Å². The van der Waals surface area contributed by atoms with Crippen LogP contribution in [0, 0.1) is 0 Å². The van der Waals surface area contributed by atoms with Crippen LogP contribution in [0.3, 0.4) is 0 Å². The third kappa shape index (κ3) is 1.93. The fraction of sp³-hybridized carbons (Fsp3) is 0.571. The van der Waals surface area contributed by atoms with E-state index < -0.39 is 0 Å². The number of fused-ring (bicyclic) bond motifs is 1. The second kappa shape index (κ2) is 4.36. The molecule has 15 heavy (non-hydrogen) atoms. The van der Waals surface area contributed by atoms with Gasteiger partial charge in [0.25, 0.3) is 0 Å². The molecule has 1 aromatic rings. The molecule has 1 nitrogen and oxygen atoms in total. The second-order valence-electron chi connectivity index (χ2n) is 4.64. The standard InChI is InChI=1S/C14H21N/c1-4-11-6-7-12-10(2)5-8-14(15-3)13(12)9-11/h6-7,9-10,14-15H,4-5,8H2,1-3H3. The molecule has 0 aliphatic heterocycles. The number of aryl methyl sites for hydroxylation is 1. The SMILES string of the molecule is CCc1ccc2c(c1)C(NC)CCC2C. The third-order valence-electron chi connectivity index (χ3n) is 3.70. The first-order valence-corrected chi connectivity index (χ1v) is 6.06. The summed E-state index contributed by atoms with van der Waals surface area (Å²) in [6.07, 6.45) is 3.72. The highest BCUT2D eigenvalue weighted by molar-refractivity contribution is 5.38. The van der Waals surface area contributed by atoms with E-state index in [2.05, 4.69) is 44.4 Å². The predicted molar refractivity (Wildman–Crippen MR) is 65.3 cm³/mol. The van der Waals surface area contributed by atoms with Crippen molar-refractivity contribution in [3.05, 3.63) is 34.9 Å². The van der Waals surface area contributed by atoms with Crippen molar-refractivity contribution in [3.63, 3.8) is 0 Å². The van der Waals surface area contributed by atoms with E-state index in [-0.39, 0.29) is 0 Å². The zero-order valence-electron chi connectivity index (χ0n) is 10.0. The van der Waals surface area contributed by atoms with E-state index in [4.69, 9.17) is 0 Å². The Hall–Kier alpha value is -0.820. The van der Waals surface area contributed by atoms with Gasteiger partial charge in [0.05, 0.1) is 0 Å². The molecule has 0 fully saturated rings. The maximum atomic E-state index is 3.43. The van der Waals surface area contributed by atoms with Gasteiger partial charge in [0.15, 0.2) is 0 Å². The molecule has 1 N–H and O–H groups in total. The van der Waals surface area contributed by atoms with Crippen LogP contribution >= 0.6 is 0 Å². The largest absolute Gasteiger partial charge is 0.313 e. The van der Waals surface area contributed by atoms with Crippen molar-refractivity contribution >= 4 is 0 Å². The van der Waals surface area contributed by atoms with Gasteiger partial charge in [-0.15, -0.1) is 0 Å². The lowest BCUT2D eigenvalue weighted by Gasteiger charge is -2.30. The molecule has 0 radical (unpaired) electrons. The molecular formula is C14H21N. The van der Waals surface area contributed by atoms with E-state index in [1.165, 1.54) is 24.0 Å². The van der Waals surface area contributed by atoms with E-state index in [1.807, 2.05) is 0 Å². The smallest absolute Gasteiger partial charge is 0.0320 e. The molecule has 0 saturated carbocycles. The van der Waals surface area contributed by atoms with Crippen molar-refractivity contribution in [2.24, 2.45) is 0 Å². The van der Waals surface area contributed by atoms with E-state index in [0.717, 1.165) is 12.3 Å². The first kappa shape index (κ1) is 10.7. The molecule has 0 spiro atoms. The second-order valence-corrected chi connectivity index (χ2v) is 4.64. The third-order valence-corrected chi connectivity index (χ3v) is 3.70. The molecule has 1 aromatic carbocycles. The van der Waals surface area contributed by atoms with Gasteiger partial charge in [0.2, 0.25) is 0 Å². The highest BCUT2D eigenvalue weighted by atomic mass is 14.9. The van der Waals surface area contributed by atoms with Crippen LogP contribution in [0.15, 0.2) is 18.2 Å². The number of rotatable bonds is 2. The van der Waals surface area contributed by atoms with Crippen LogP contribution in [-0.4, -0.2) is 7.05 Å². The summed E-state index contributed by atoms with van der Waals surface area (Å²) in [5, 5.41) is 3.43. The topological polar surface area (TPSA) is 12.0 Å². The summed E-state index contributed by atoms with van der Waals surface area (Å²) in [5.74, 6) is 0.732. The minimum Gasteiger partial charge on any atom is -0.313 e. The van der Waals surface area contributed by atoms with Crippen molar-refractivity contribution in [1.82, 2.24) is 5.32 Å². The average molecular weight is 203 g/mol. The van der Waals surface area contributed by atoms with Crippen LogP contribution in [0.4, 0.5) is 0 Å². The van der Waals surface area contributed by atoms with Crippen molar-refractivity contribution in [2.45, 2.75) is 45.1 Å². The van der Waals surface area contributed by atoms with Crippen molar-refractivity contribution in [3.8, 4) is 0 Å². The first-order chi connectivity index (χ1) is 7.26. The van der Waals surface area contributed by atoms with E-state index in [9.17, 15) is 0 Å². The Morgan fingerprint density at radius 2 is 2.07 bits per heavy atom. The minimum absolute atomic E-state index is 0.572. The molecule has 82 valence electrons. The molecule has 2 rings (SSSR count). The monoisotopic (exact) mass is 203 g/mol. The normalized spacial score (nSPS) is 25.0. The van der Waals surface area contributed by atoms with Gasteiger partial charge in [-0.3, -0.25) is 0 Å². The Labute approximate surface area is 92.9 Å². The number of hydrogen-bond acceptors (Lipinski definition) is 1. The fourth-order valence-electron chi connectivity index (χ4n) is 2.62. The summed E-state index contributed by atoms with van der Waals surface area (Å²) in [5.41, 5.74) is 4.55. The summed E-state index contributed by atoms with van der Waals surface area (Å²) < 4.78 is 0. The first-order valence-electron chi connectivity index (χ1n) is 6.06. The summed E-state index contributed by atoms with van der Waals surface area (Å²) in [6, 6.07) is 7.59.